The Morgan fingerprint density at radius 2 is 0.637 bits per heavy atom. The number of rotatable bonds is 14. The third kappa shape index (κ3) is 15.9. The molecule has 30 nitrogen and oxygen atoms in total. The smallest absolute Gasteiger partial charge is 0.164 e. The molecule has 4 aliphatic rings. The fraction of sp³-hybridized carbons (Fsp3) is 0.244. The zero-order valence-corrected chi connectivity index (χ0v) is 72.1. The highest BCUT2D eigenvalue weighted by Gasteiger charge is 2.29. The normalized spacial score (nSPS) is 14.1. The Morgan fingerprint density at radius 1 is 0.339 bits per heavy atom. The monoisotopic (exact) mass is 1880 g/mol. The van der Waals surface area contributed by atoms with E-state index >= 15 is 0 Å². The second-order valence-corrected chi connectivity index (χ2v) is 33.5. The standard InChI is InChI=1S/C26H24FN7O.C25H22FN7O.C20H20IN7.C19H18IN7/c1-15-5-4-6-16-9-18(25(31-22(15)16)33-7-2-3-8-33)13-34-26-21(24(28)29-14-30-26)23(32-34)17-10-19(27)12-20(35)11-17;26-18-10-16(11-19(34)12-18)22-21-23(27)28-14-29-25(21)33(31-22)13-17-9-15-5-1-2-6-20(15)30-24(17)32-7-3-4-8-32;1-12-5-4-6-13-9-14(19(25-16(12)13)27-7-2-3-8-27)10-28-20-15(17(21)26-28)18(22)23-11-24-20;20-16-15-17(21)22-11-23-19(15)27(25-16)10-13-9-12-5-1-2-6-14(12)24-18(13)26-7-3-4-8-26/h4-6,9-12,14,35H,2-3,7-8,13H2,1H3,(H2,28,29,30);1-2,5-6,9-12,14,34H,3-4,7-8,13H2,(H2,27,28,29);4-6,9,11H,2-3,7-8,10H2,1H3,(H2,22,23,24);1-2,5-6,9,11H,3-4,7-8,10H2,(H2,21,22,23). The minimum atomic E-state index is -0.567. The molecule has 34 heteroatoms. The number of aromatic nitrogens is 20. The van der Waals surface area contributed by atoms with Crippen LogP contribution in [0.5, 0.6) is 11.5 Å². The first-order chi connectivity index (χ1) is 60.4. The number of aromatic hydroxyl groups is 2. The molecule has 0 atom stereocenters. The largest absolute Gasteiger partial charge is 0.508 e. The van der Waals surface area contributed by atoms with Crippen molar-refractivity contribution in [3.8, 4) is 34.0 Å². The second kappa shape index (κ2) is 34.1. The lowest BCUT2D eigenvalue weighted by Crippen LogP contribution is -2.22. The van der Waals surface area contributed by atoms with Gasteiger partial charge in [-0.1, -0.05) is 72.8 Å². The molecule has 4 aliphatic heterocycles. The van der Waals surface area contributed by atoms with E-state index in [0.29, 0.717) is 82.4 Å². The van der Waals surface area contributed by atoms with E-state index in [1.54, 1.807) is 9.36 Å². The van der Waals surface area contributed by atoms with Crippen LogP contribution >= 0.6 is 45.2 Å². The van der Waals surface area contributed by atoms with Crippen molar-refractivity contribution in [2.45, 2.75) is 91.4 Å². The zero-order valence-electron chi connectivity index (χ0n) is 67.8. The van der Waals surface area contributed by atoms with Crippen LogP contribution in [0.3, 0.4) is 0 Å². The summed E-state index contributed by atoms with van der Waals surface area (Å²) < 4.78 is 37.1. The highest BCUT2D eigenvalue weighted by molar-refractivity contribution is 14.1. The predicted molar refractivity (Wildman–Crippen MR) is 497 cm³/mol. The molecule has 0 spiro atoms. The van der Waals surface area contributed by atoms with Crippen molar-refractivity contribution < 1.29 is 19.0 Å². The highest BCUT2D eigenvalue weighted by atomic mass is 127. The van der Waals surface area contributed by atoms with E-state index in [0.717, 1.165) is 214 Å². The van der Waals surface area contributed by atoms with Crippen molar-refractivity contribution in [3.05, 3.63) is 223 Å². The number of benzene rings is 6. The molecule has 0 unspecified atom stereocenters. The van der Waals surface area contributed by atoms with E-state index in [4.69, 9.17) is 53.1 Å². The van der Waals surface area contributed by atoms with Crippen molar-refractivity contribution in [1.82, 2.24) is 98.9 Å². The van der Waals surface area contributed by atoms with Gasteiger partial charge >= 0.3 is 0 Å². The lowest BCUT2D eigenvalue weighted by Gasteiger charge is -2.21. The fourth-order valence-electron chi connectivity index (χ4n) is 17.3. The number of hydrogen-bond acceptors (Lipinski definition) is 26. The van der Waals surface area contributed by atoms with Crippen molar-refractivity contribution in [2.24, 2.45) is 0 Å². The third-order valence-corrected chi connectivity index (χ3v) is 24.6. The minimum absolute atomic E-state index is 0.191. The molecule has 4 fully saturated rings. The lowest BCUT2D eigenvalue weighted by atomic mass is 10.1. The van der Waals surface area contributed by atoms with Gasteiger partial charge in [-0.05, 0) is 182 Å². The fourth-order valence-corrected chi connectivity index (χ4v) is 18.8. The van der Waals surface area contributed by atoms with Crippen LogP contribution in [0.4, 0.5) is 55.3 Å². The van der Waals surface area contributed by atoms with E-state index in [1.165, 1.54) is 80.8 Å². The Kier molecular flexibility index (Phi) is 22.0. The predicted octanol–water partition coefficient (Wildman–Crippen LogP) is 15.3. The Bertz CT molecular complexity index is 7120. The summed E-state index contributed by atoms with van der Waals surface area (Å²) in [6.45, 7) is 14.2. The summed E-state index contributed by atoms with van der Waals surface area (Å²) in [6.07, 6.45) is 15.1. The first-order valence-electron chi connectivity index (χ1n) is 41.1. The van der Waals surface area contributed by atoms with E-state index in [1.807, 2.05) is 51.8 Å². The quantitative estimate of drug-likeness (QED) is 0.0551. The van der Waals surface area contributed by atoms with Crippen LogP contribution in [0.1, 0.15) is 84.7 Å². The maximum absolute atomic E-state index is 14.1. The summed E-state index contributed by atoms with van der Waals surface area (Å²) in [7, 11) is 0. The van der Waals surface area contributed by atoms with E-state index in [-0.39, 0.29) is 23.1 Å². The Balaban J connectivity index is 0.000000109. The van der Waals surface area contributed by atoms with Gasteiger partial charge in [-0.2, -0.15) is 20.4 Å². The van der Waals surface area contributed by atoms with Crippen LogP contribution in [0.2, 0.25) is 0 Å². The van der Waals surface area contributed by atoms with E-state index in [9.17, 15) is 19.0 Å². The maximum Gasteiger partial charge on any atom is 0.164 e. The van der Waals surface area contributed by atoms with Crippen LogP contribution in [0.15, 0.2) is 171 Å². The summed E-state index contributed by atoms with van der Waals surface area (Å²) in [5.74, 6) is 3.88. The molecule has 0 aliphatic carbocycles. The van der Waals surface area contributed by atoms with Gasteiger partial charge in [-0.3, -0.25) is 0 Å². The van der Waals surface area contributed by atoms with Gasteiger partial charge in [0.1, 0.15) is 114 Å². The van der Waals surface area contributed by atoms with E-state index < -0.39 is 11.6 Å². The molecule has 18 aromatic rings. The number of phenols is 2. The van der Waals surface area contributed by atoms with Gasteiger partial charge in [0.25, 0.3) is 0 Å². The molecule has 16 heterocycles. The van der Waals surface area contributed by atoms with Crippen LogP contribution in [0, 0.1) is 32.9 Å². The Morgan fingerprint density at radius 3 is 0.984 bits per heavy atom. The Labute approximate surface area is 735 Å². The number of para-hydroxylation sites is 4. The molecule has 0 amide bonds. The lowest BCUT2D eigenvalue weighted by molar-refractivity contribution is 0.468. The summed E-state index contributed by atoms with van der Waals surface area (Å²) in [5, 5.41) is 45.9. The number of nitrogen functional groups attached to an aromatic ring is 4. The van der Waals surface area contributed by atoms with Gasteiger partial charge in [0.2, 0.25) is 0 Å². The number of halogens is 4. The van der Waals surface area contributed by atoms with Crippen molar-refractivity contribution in [3.63, 3.8) is 0 Å². The Hall–Kier alpha value is -13.5. The number of fused-ring (bicyclic) bond motifs is 8. The summed E-state index contributed by atoms with van der Waals surface area (Å²) >= 11 is 4.38. The van der Waals surface area contributed by atoms with Crippen molar-refractivity contribution >= 4 is 179 Å². The molecule has 10 N–H and O–H groups in total. The number of hydrogen-bond donors (Lipinski definition) is 6. The van der Waals surface area contributed by atoms with Gasteiger partial charge in [0, 0.05) is 119 Å². The highest BCUT2D eigenvalue weighted by Crippen LogP contribution is 2.40. The molecule has 0 saturated carbocycles. The van der Waals surface area contributed by atoms with Crippen molar-refractivity contribution in [1.29, 1.82) is 0 Å². The molecule has 124 heavy (non-hydrogen) atoms. The average molecular weight is 1880 g/mol. The minimum Gasteiger partial charge on any atom is -0.508 e. The number of pyridine rings is 4. The summed E-state index contributed by atoms with van der Waals surface area (Å²) in [5.41, 5.74) is 39.4. The van der Waals surface area contributed by atoms with Crippen LogP contribution in [-0.2, 0) is 26.2 Å². The molecule has 0 bridgehead atoms. The van der Waals surface area contributed by atoms with Crippen molar-refractivity contribution in [2.75, 3.05) is 94.9 Å². The average Bonchev–Trinajstić information content (AvgIpc) is 1.63. The van der Waals surface area contributed by atoms with Gasteiger partial charge in [0.15, 0.2) is 22.6 Å². The van der Waals surface area contributed by atoms with Gasteiger partial charge in [0.05, 0.1) is 69.8 Å². The molecular formula is C90H84F2I2N28O2. The molecule has 6 aromatic carbocycles. The molecule has 22 rings (SSSR count). The number of nitrogens with zero attached hydrogens (tertiary/aromatic N) is 24. The third-order valence-electron chi connectivity index (χ3n) is 23.1. The number of anilines is 8. The zero-order chi connectivity index (χ0) is 85.0. The maximum atomic E-state index is 14.1. The number of phenolic OH excluding ortho intramolecular Hbond substituents is 2. The SMILES string of the molecule is Cc1cccc2cc(Cn3nc(-c4cc(O)cc(F)c4)c4c(N)ncnc43)c(N3CCCC3)nc12.Cc1cccc2cc(Cn3nc(I)c4c(N)ncnc43)c(N3CCCC3)nc12.Nc1ncnc2c1c(-c1cc(O)cc(F)c1)nn2Cc1cc2ccccc2nc1N1CCCC1.Nc1ncnc2c1c(I)nn2Cc1cc2ccccc2nc1N1CCCC1. The summed E-state index contributed by atoms with van der Waals surface area (Å²) in [6, 6.07) is 45.2. The first kappa shape index (κ1) is 80.2. The van der Waals surface area contributed by atoms with Gasteiger partial charge in [-0.15, -0.1) is 0 Å². The molecule has 624 valence electrons. The molecule has 4 saturated heterocycles. The molecular weight excluding hydrogens is 1800 g/mol. The van der Waals surface area contributed by atoms with Gasteiger partial charge < -0.3 is 52.7 Å². The van der Waals surface area contributed by atoms with Gasteiger partial charge in [-0.25, -0.2) is 87.3 Å². The second-order valence-electron chi connectivity index (χ2n) is 31.5. The van der Waals surface area contributed by atoms with E-state index in [2.05, 4.69) is 195 Å². The molecule has 0 radical (unpaired) electrons. The first-order valence-corrected chi connectivity index (χ1v) is 43.3. The van der Waals surface area contributed by atoms with Crippen LogP contribution < -0.4 is 42.5 Å². The number of nitrogens with two attached hydrogens (primary N) is 4. The molecule has 12 aromatic heterocycles. The summed E-state index contributed by atoms with van der Waals surface area (Å²) in [4.78, 5) is 63.7. The number of aryl methyl sites for hydroxylation is 2. The topological polar surface area (TPSA) is 383 Å². The van der Waals surface area contributed by atoms with Crippen LogP contribution in [-0.4, -0.2) is 162 Å². The van der Waals surface area contributed by atoms with Crippen LogP contribution in [0.25, 0.3) is 110 Å².